The maximum absolute atomic E-state index is 12.4. The molecule has 0 aromatic rings. The molecule has 1 aliphatic carbocycles. The zero-order chi connectivity index (χ0) is 13.8. The molecule has 6 nitrogen and oxygen atoms in total. The van der Waals surface area contributed by atoms with Crippen molar-refractivity contribution in [2.24, 2.45) is 10.9 Å². The second kappa shape index (κ2) is 6.38. The highest BCUT2D eigenvalue weighted by molar-refractivity contribution is 7.89. The summed E-state index contributed by atoms with van der Waals surface area (Å²) < 4.78 is 26.1. The zero-order valence-electron chi connectivity index (χ0n) is 11.0. The van der Waals surface area contributed by atoms with Gasteiger partial charge in [-0.1, -0.05) is 24.4 Å². The van der Waals surface area contributed by atoms with Crippen molar-refractivity contribution < 1.29 is 13.6 Å². The van der Waals surface area contributed by atoms with Gasteiger partial charge in [0.05, 0.1) is 5.25 Å². The lowest BCUT2D eigenvalue weighted by molar-refractivity contribution is 0.312. The van der Waals surface area contributed by atoms with E-state index in [2.05, 4.69) is 5.16 Å². The van der Waals surface area contributed by atoms with Gasteiger partial charge >= 0.3 is 0 Å². The molecule has 1 rings (SSSR count). The van der Waals surface area contributed by atoms with Crippen molar-refractivity contribution in [2.45, 2.75) is 56.7 Å². The van der Waals surface area contributed by atoms with Crippen LogP contribution in [0.1, 0.15) is 45.4 Å². The Morgan fingerprint density at radius 3 is 2.50 bits per heavy atom. The van der Waals surface area contributed by atoms with Gasteiger partial charge in [-0.15, -0.1) is 0 Å². The predicted molar refractivity (Wildman–Crippen MR) is 71.0 cm³/mol. The molecule has 0 aromatic heterocycles. The first-order chi connectivity index (χ1) is 8.39. The summed E-state index contributed by atoms with van der Waals surface area (Å²) in [6.07, 6.45) is 4.79. The van der Waals surface area contributed by atoms with Crippen LogP contribution < -0.4 is 5.73 Å². The van der Waals surface area contributed by atoms with Gasteiger partial charge in [-0.05, 0) is 19.8 Å². The van der Waals surface area contributed by atoms with Crippen LogP contribution in [0.15, 0.2) is 5.16 Å². The van der Waals surface area contributed by atoms with Crippen molar-refractivity contribution in [3.63, 3.8) is 0 Å². The number of rotatable bonds is 5. The first-order valence-electron chi connectivity index (χ1n) is 6.32. The van der Waals surface area contributed by atoms with Crippen molar-refractivity contribution in [3.8, 4) is 0 Å². The molecular formula is C11H23N3O3S. The third-order valence-electron chi connectivity index (χ3n) is 3.63. The van der Waals surface area contributed by atoms with E-state index >= 15 is 0 Å². The minimum Gasteiger partial charge on any atom is -0.409 e. The first kappa shape index (κ1) is 15.2. The van der Waals surface area contributed by atoms with Gasteiger partial charge in [0.25, 0.3) is 0 Å². The van der Waals surface area contributed by atoms with Crippen LogP contribution in [0.25, 0.3) is 0 Å². The lowest BCUT2D eigenvalue weighted by Crippen LogP contribution is -2.43. The number of hydrogen-bond acceptors (Lipinski definition) is 4. The van der Waals surface area contributed by atoms with E-state index in [1.807, 2.05) is 0 Å². The third kappa shape index (κ3) is 3.58. The first-order valence-corrected chi connectivity index (χ1v) is 7.83. The van der Waals surface area contributed by atoms with Gasteiger partial charge in [0.1, 0.15) is 5.84 Å². The zero-order valence-corrected chi connectivity index (χ0v) is 11.9. The average Bonchev–Trinajstić information content (AvgIpc) is 2.38. The minimum absolute atomic E-state index is 0.0493. The van der Waals surface area contributed by atoms with Crippen LogP contribution in [-0.4, -0.2) is 42.1 Å². The van der Waals surface area contributed by atoms with Crippen LogP contribution in [0.3, 0.4) is 0 Å². The van der Waals surface area contributed by atoms with E-state index in [9.17, 15) is 8.42 Å². The SMILES string of the molecule is CC(CC(N)=NO)N(C)S(=O)(=O)C1CCCCC1. The monoisotopic (exact) mass is 277 g/mol. The normalized spacial score (nSPS) is 21.2. The largest absolute Gasteiger partial charge is 0.409 e. The van der Waals surface area contributed by atoms with Crippen molar-refractivity contribution in [1.29, 1.82) is 0 Å². The summed E-state index contributed by atoms with van der Waals surface area (Å²) in [6.45, 7) is 1.76. The lowest BCUT2D eigenvalue weighted by atomic mass is 10.0. The van der Waals surface area contributed by atoms with E-state index in [0.717, 1.165) is 32.1 Å². The van der Waals surface area contributed by atoms with Crippen LogP contribution in [0.4, 0.5) is 0 Å². The number of nitrogens with two attached hydrogens (primary N) is 1. The summed E-state index contributed by atoms with van der Waals surface area (Å²) in [6, 6.07) is -0.298. The maximum atomic E-state index is 12.4. The Morgan fingerprint density at radius 2 is 2.00 bits per heavy atom. The predicted octanol–water partition coefficient (Wildman–Crippen LogP) is 1.11. The van der Waals surface area contributed by atoms with Gasteiger partial charge in [0, 0.05) is 19.5 Å². The molecule has 1 unspecified atom stereocenters. The van der Waals surface area contributed by atoms with Crippen molar-refractivity contribution >= 4 is 15.9 Å². The molecular weight excluding hydrogens is 254 g/mol. The summed E-state index contributed by atoms with van der Waals surface area (Å²) in [5.41, 5.74) is 5.41. The second-order valence-corrected chi connectivity index (χ2v) is 7.24. The molecule has 0 saturated heterocycles. The average molecular weight is 277 g/mol. The fourth-order valence-corrected chi connectivity index (χ4v) is 4.30. The van der Waals surface area contributed by atoms with Crippen molar-refractivity contribution in [2.75, 3.05) is 7.05 Å². The molecule has 3 N–H and O–H groups in total. The minimum atomic E-state index is -3.27. The highest BCUT2D eigenvalue weighted by Gasteiger charge is 2.33. The summed E-state index contributed by atoms with van der Waals surface area (Å²) in [5, 5.41) is 11.1. The van der Waals surface area contributed by atoms with Crippen molar-refractivity contribution in [1.82, 2.24) is 4.31 Å². The summed E-state index contributed by atoms with van der Waals surface area (Å²) in [4.78, 5) is 0. The van der Waals surface area contributed by atoms with Crippen LogP contribution in [0, 0.1) is 0 Å². The van der Waals surface area contributed by atoms with E-state index in [-0.39, 0.29) is 23.5 Å². The summed E-state index contributed by atoms with van der Waals surface area (Å²) in [7, 11) is -1.71. The maximum Gasteiger partial charge on any atom is 0.216 e. The Bertz CT molecular complexity index is 388. The molecule has 18 heavy (non-hydrogen) atoms. The smallest absolute Gasteiger partial charge is 0.216 e. The van der Waals surface area contributed by atoms with E-state index in [4.69, 9.17) is 10.9 Å². The van der Waals surface area contributed by atoms with Crippen LogP contribution >= 0.6 is 0 Å². The Labute approximate surface area is 109 Å². The molecule has 7 heteroatoms. The number of hydrogen-bond donors (Lipinski definition) is 2. The number of sulfonamides is 1. The standard InChI is InChI=1S/C11H23N3O3S/c1-9(8-11(12)13-15)14(2)18(16,17)10-6-4-3-5-7-10/h9-10,15H,3-8H2,1-2H3,(H2,12,13). The van der Waals surface area contributed by atoms with Gasteiger partial charge in [-0.2, -0.15) is 0 Å². The fraction of sp³-hybridized carbons (Fsp3) is 0.909. The van der Waals surface area contributed by atoms with Crippen LogP contribution in [0.5, 0.6) is 0 Å². The number of oxime groups is 1. The Morgan fingerprint density at radius 1 is 1.44 bits per heavy atom. The number of amidine groups is 1. The molecule has 0 spiro atoms. The van der Waals surface area contributed by atoms with Gasteiger partial charge in [-0.3, -0.25) is 0 Å². The van der Waals surface area contributed by atoms with Gasteiger partial charge in [0.2, 0.25) is 10.0 Å². The van der Waals surface area contributed by atoms with Gasteiger partial charge < -0.3 is 10.9 Å². The molecule has 106 valence electrons. The van der Waals surface area contributed by atoms with Gasteiger partial charge in [-0.25, -0.2) is 12.7 Å². The van der Waals surface area contributed by atoms with E-state index in [1.54, 1.807) is 14.0 Å². The van der Waals surface area contributed by atoms with E-state index < -0.39 is 10.0 Å². The van der Waals surface area contributed by atoms with Crippen LogP contribution in [0.2, 0.25) is 0 Å². The summed E-state index contributed by atoms with van der Waals surface area (Å²) in [5.74, 6) is 0.0493. The Balaban J connectivity index is 2.71. The Kier molecular flexibility index (Phi) is 5.40. The summed E-state index contributed by atoms with van der Waals surface area (Å²) >= 11 is 0. The molecule has 0 aromatic carbocycles. The topological polar surface area (TPSA) is 96.0 Å². The molecule has 0 amide bonds. The third-order valence-corrected chi connectivity index (χ3v) is 6.11. The van der Waals surface area contributed by atoms with Crippen LogP contribution in [-0.2, 0) is 10.0 Å². The lowest BCUT2D eigenvalue weighted by Gasteiger charge is -2.30. The second-order valence-electron chi connectivity index (χ2n) is 4.97. The highest BCUT2D eigenvalue weighted by atomic mass is 32.2. The van der Waals surface area contributed by atoms with E-state index in [1.165, 1.54) is 4.31 Å². The van der Waals surface area contributed by atoms with E-state index in [0.29, 0.717) is 0 Å². The highest BCUT2D eigenvalue weighted by Crippen LogP contribution is 2.26. The number of nitrogens with zero attached hydrogens (tertiary/aromatic N) is 2. The Hall–Kier alpha value is -0.820. The molecule has 0 radical (unpaired) electrons. The quantitative estimate of drug-likeness (QED) is 0.340. The molecule has 0 aliphatic heterocycles. The fourth-order valence-electron chi connectivity index (χ4n) is 2.32. The van der Waals surface area contributed by atoms with Gasteiger partial charge in [0.15, 0.2) is 0 Å². The van der Waals surface area contributed by atoms with Crippen molar-refractivity contribution in [3.05, 3.63) is 0 Å². The molecule has 0 heterocycles. The molecule has 1 fully saturated rings. The molecule has 1 saturated carbocycles. The molecule has 1 aliphatic rings. The molecule has 0 bridgehead atoms. The molecule has 1 atom stereocenters.